The summed E-state index contributed by atoms with van der Waals surface area (Å²) in [5.41, 5.74) is 1.24. The van der Waals surface area contributed by atoms with Gasteiger partial charge in [-0.2, -0.15) is 22.0 Å². The molecule has 0 fully saturated rings. The Morgan fingerprint density at radius 3 is 3.18 bits per heavy atom. The highest BCUT2D eigenvalue weighted by Gasteiger charge is 2.10. The lowest BCUT2D eigenvalue weighted by Gasteiger charge is -1.91. The van der Waals surface area contributed by atoms with Gasteiger partial charge in [-0.3, -0.25) is 0 Å². The molecule has 6 heteroatoms. The quantitative estimate of drug-likeness (QED) is 0.823. The second-order valence-electron chi connectivity index (χ2n) is 3.48. The van der Waals surface area contributed by atoms with Crippen molar-refractivity contribution in [3.8, 4) is 17.7 Å². The first kappa shape index (κ1) is 11.7. The molecule has 0 amide bonds. The average Bonchev–Trinajstić information content (AvgIpc) is 2.97. The normalized spacial score (nSPS) is 10.4. The highest BCUT2D eigenvalue weighted by Crippen LogP contribution is 2.18. The number of aromatic amines is 1. The zero-order valence-electron chi connectivity index (χ0n) is 9.43. The molecule has 88 valence electrons. The molecule has 0 saturated heterocycles. The molecule has 2 aromatic heterocycles. The van der Waals surface area contributed by atoms with Gasteiger partial charge < -0.3 is 9.51 Å². The van der Waals surface area contributed by atoms with E-state index in [4.69, 9.17) is 9.78 Å². The molecule has 0 spiro atoms. The molecule has 2 heterocycles. The van der Waals surface area contributed by atoms with Gasteiger partial charge in [-0.25, -0.2) is 0 Å². The van der Waals surface area contributed by atoms with Gasteiger partial charge in [0, 0.05) is 6.20 Å². The van der Waals surface area contributed by atoms with Crippen molar-refractivity contribution in [1.82, 2.24) is 15.1 Å². The third-order valence-electron chi connectivity index (χ3n) is 2.09. The molecule has 0 radical (unpaired) electrons. The van der Waals surface area contributed by atoms with E-state index in [0.29, 0.717) is 23.0 Å². The molecule has 2 rings (SSSR count). The molecule has 0 bridgehead atoms. The number of H-pyrrole nitrogens is 1. The molecule has 2 aromatic rings. The van der Waals surface area contributed by atoms with Crippen LogP contribution in [0.2, 0.25) is 0 Å². The van der Waals surface area contributed by atoms with Crippen molar-refractivity contribution in [2.45, 2.75) is 19.1 Å². The first-order valence-electron chi connectivity index (χ1n) is 5.32. The van der Waals surface area contributed by atoms with Crippen molar-refractivity contribution in [3.05, 3.63) is 23.7 Å². The van der Waals surface area contributed by atoms with Crippen molar-refractivity contribution in [3.63, 3.8) is 0 Å². The van der Waals surface area contributed by atoms with Crippen molar-refractivity contribution in [1.29, 1.82) is 5.26 Å². The lowest BCUT2D eigenvalue weighted by molar-refractivity contribution is 0.424. The monoisotopic (exact) mass is 248 g/mol. The summed E-state index contributed by atoms with van der Waals surface area (Å²) >= 11 is 1.78. The topological polar surface area (TPSA) is 78.5 Å². The summed E-state index contributed by atoms with van der Waals surface area (Å²) < 4.78 is 5.12. The van der Waals surface area contributed by atoms with Crippen molar-refractivity contribution in [2.24, 2.45) is 0 Å². The SMILES string of the molecule is CCCSCc1noc(-c2cc(C#N)c[nH]2)n1. The highest BCUT2D eigenvalue weighted by atomic mass is 32.2. The maximum atomic E-state index is 8.71. The van der Waals surface area contributed by atoms with E-state index in [2.05, 4.69) is 22.0 Å². The summed E-state index contributed by atoms with van der Waals surface area (Å²) in [5.74, 6) is 2.96. The number of nitriles is 1. The molecule has 0 aliphatic carbocycles. The van der Waals surface area contributed by atoms with Crippen molar-refractivity contribution >= 4 is 11.8 Å². The van der Waals surface area contributed by atoms with Crippen LogP contribution < -0.4 is 0 Å². The van der Waals surface area contributed by atoms with Crippen LogP contribution in [0.4, 0.5) is 0 Å². The number of nitrogens with zero attached hydrogens (tertiary/aromatic N) is 3. The Kier molecular flexibility index (Phi) is 3.83. The molecule has 0 saturated carbocycles. The van der Waals surface area contributed by atoms with Crippen LogP contribution in [0.15, 0.2) is 16.8 Å². The Bertz CT molecular complexity index is 526. The van der Waals surface area contributed by atoms with E-state index in [1.54, 1.807) is 24.0 Å². The number of hydrogen-bond acceptors (Lipinski definition) is 5. The molecule has 0 aliphatic rings. The summed E-state index contributed by atoms with van der Waals surface area (Å²) in [6.07, 6.45) is 2.75. The number of aromatic nitrogens is 3. The predicted molar refractivity (Wildman–Crippen MR) is 65.3 cm³/mol. The largest absolute Gasteiger partial charge is 0.356 e. The fraction of sp³-hybridized carbons (Fsp3) is 0.364. The summed E-state index contributed by atoms with van der Waals surface area (Å²) in [5, 5.41) is 12.6. The van der Waals surface area contributed by atoms with Gasteiger partial charge >= 0.3 is 0 Å². The Balaban J connectivity index is 2.05. The minimum Gasteiger partial charge on any atom is -0.356 e. The van der Waals surface area contributed by atoms with Crippen LogP contribution in [0.25, 0.3) is 11.6 Å². The average molecular weight is 248 g/mol. The van der Waals surface area contributed by atoms with E-state index in [0.717, 1.165) is 17.9 Å². The zero-order valence-corrected chi connectivity index (χ0v) is 10.3. The first-order valence-corrected chi connectivity index (χ1v) is 6.48. The number of nitrogens with one attached hydrogen (secondary N) is 1. The molecule has 0 atom stereocenters. The predicted octanol–water partition coefficient (Wildman–Crippen LogP) is 2.58. The van der Waals surface area contributed by atoms with Gasteiger partial charge in [0.2, 0.25) is 0 Å². The van der Waals surface area contributed by atoms with E-state index in [-0.39, 0.29) is 0 Å². The van der Waals surface area contributed by atoms with Crippen LogP contribution >= 0.6 is 11.8 Å². The van der Waals surface area contributed by atoms with Crippen molar-refractivity contribution in [2.75, 3.05) is 5.75 Å². The Labute approximate surface area is 103 Å². The van der Waals surface area contributed by atoms with Crippen LogP contribution in [0.3, 0.4) is 0 Å². The van der Waals surface area contributed by atoms with Crippen molar-refractivity contribution < 1.29 is 4.52 Å². The number of rotatable bonds is 5. The third-order valence-corrected chi connectivity index (χ3v) is 3.25. The highest BCUT2D eigenvalue weighted by molar-refractivity contribution is 7.98. The lowest BCUT2D eigenvalue weighted by Crippen LogP contribution is -1.85. The van der Waals surface area contributed by atoms with E-state index >= 15 is 0 Å². The summed E-state index contributed by atoms with van der Waals surface area (Å²) in [4.78, 5) is 7.19. The van der Waals surface area contributed by atoms with Gasteiger partial charge in [-0.05, 0) is 18.2 Å². The van der Waals surface area contributed by atoms with Gasteiger partial charge in [0.1, 0.15) is 11.8 Å². The minimum atomic E-state index is 0.429. The van der Waals surface area contributed by atoms with E-state index in [1.165, 1.54) is 0 Å². The van der Waals surface area contributed by atoms with Gasteiger partial charge in [0.15, 0.2) is 5.82 Å². The second-order valence-corrected chi connectivity index (χ2v) is 4.59. The van der Waals surface area contributed by atoms with E-state index < -0.39 is 0 Å². The third kappa shape index (κ3) is 2.88. The molecular formula is C11H12N4OS. The first-order chi connectivity index (χ1) is 8.33. The summed E-state index contributed by atoms with van der Waals surface area (Å²) in [7, 11) is 0. The zero-order chi connectivity index (χ0) is 12.1. The summed E-state index contributed by atoms with van der Waals surface area (Å²) in [6, 6.07) is 3.73. The standard InChI is InChI=1S/C11H12N4OS/c1-2-3-17-7-10-14-11(16-15-10)9-4-8(5-12)6-13-9/h4,6,13H,2-3,7H2,1H3. The van der Waals surface area contributed by atoms with Gasteiger partial charge in [0.05, 0.1) is 11.3 Å². The van der Waals surface area contributed by atoms with Crippen LogP contribution in [0.1, 0.15) is 24.7 Å². The Morgan fingerprint density at radius 1 is 1.59 bits per heavy atom. The molecule has 0 aromatic carbocycles. The maximum absolute atomic E-state index is 8.71. The van der Waals surface area contributed by atoms with Crippen LogP contribution in [-0.2, 0) is 5.75 Å². The van der Waals surface area contributed by atoms with Gasteiger partial charge in [-0.1, -0.05) is 12.1 Å². The molecule has 17 heavy (non-hydrogen) atoms. The van der Waals surface area contributed by atoms with Crippen LogP contribution in [0.5, 0.6) is 0 Å². The fourth-order valence-electron chi connectivity index (χ4n) is 1.31. The molecule has 0 unspecified atom stereocenters. The van der Waals surface area contributed by atoms with Gasteiger partial charge in [-0.15, -0.1) is 0 Å². The second kappa shape index (κ2) is 5.55. The van der Waals surface area contributed by atoms with Crippen LogP contribution in [0, 0.1) is 11.3 Å². The van der Waals surface area contributed by atoms with Gasteiger partial charge in [0.25, 0.3) is 5.89 Å². The Morgan fingerprint density at radius 2 is 2.47 bits per heavy atom. The minimum absolute atomic E-state index is 0.429. The fourth-order valence-corrected chi connectivity index (χ4v) is 2.04. The number of thioether (sulfide) groups is 1. The summed E-state index contributed by atoms with van der Waals surface area (Å²) in [6.45, 7) is 2.14. The van der Waals surface area contributed by atoms with E-state index in [1.807, 2.05) is 6.07 Å². The molecule has 1 N–H and O–H groups in total. The lowest BCUT2D eigenvalue weighted by atomic mass is 10.3. The molecular weight excluding hydrogens is 236 g/mol. The molecule has 0 aliphatic heterocycles. The number of hydrogen-bond donors (Lipinski definition) is 1. The smallest absolute Gasteiger partial charge is 0.274 e. The van der Waals surface area contributed by atoms with E-state index in [9.17, 15) is 0 Å². The molecule has 5 nitrogen and oxygen atoms in total. The Hall–Kier alpha value is -1.74. The van der Waals surface area contributed by atoms with Crippen LogP contribution in [-0.4, -0.2) is 20.9 Å². The maximum Gasteiger partial charge on any atom is 0.274 e.